The minimum atomic E-state index is -0.833. The van der Waals surface area contributed by atoms with Crippen LogP contribution in [-0.2, 0) is 24.1 Å². The largest absolute Gasteiger partial charge is 0.481 e. The lowest BCUT2D eigenvalue weighted by molar-refractivity contribution is -0.376. The third kappa shape index (κ3) is 27.9. The topological polar surface area (TPSA) is 102 Å². The van der Waals surface area contributed by atoms with Gasteiger partial charge < -0.3 is 14.9 Å². The van der Waals surface area contributed by atoms with Crippen LogP contribution in [0.15, 0.2) is 0 Å². The second kappa shape index (κ2) is 17.6. The van der Waals surface area contributed by atoms with Gasteiger partial charge in [-0.05, 0) is 48.0 Å². The number of hydrogen-bond donors (Lipinski definition) is 2. The number of carboxylic acids is 2. The Morgan fingerprint density at radius 1 is 1.04 bits per heavy atom. The van der Waals surface area contributed by atoms with E-state index in [-0.39, 0.29) is 0 Å². The average molecular weight is 366 g/mol. The molecule has 0 saturated carbocycles. The van der Waals surface area contributed by atoms with Gasteiger partial charge in [-0.3, -0.25) is 9.59 Å². The highest BCUT2D eigenvalue weighted by Gasteiger charge is 2.27. The highest BCUT2D eigenvalue weighted by atomic mass is 17.2. The molecule has 152 valence electrons. The SMILES string of the molecule is CC(=O)O.CCCCC(C(=O)O)C(C)OOC(C)(C)C.CCOCC. The van der Waals surface area contributed by atoms with Crippen molar-refractivity contribution < 1.29 is 34.3 Å². The number of unbranched alkanes of at least 4 members (excludes halogenated alkanes) is 1. The Kier molecular flexibility index (Phi) is 20.2. The molecule has 0 aliphatic heterocycles. The Morgan fingerprint density at radius 2 is 1.48 bits per heavy atom. The first-order chi connectivity index (χ1) is 11.4. The zero-order chi connectivity index (χ0) is 20.5. The van der Waals surface area contributed by atoms with Gasteiger partial charge in [-0.25, -0.2) is 9.78 Å². The van der Waals surface area contributed by atoms with Gasteiger partial charge in [0.05, 0.1) is 11.5 Å². The smallest absolute Gasteiger partial charge is 0.309 e. The van der Waals surface area contributed by atoms with Gasteiger partial charge in [0.2, 0.25) is 0 Å². The first-order valence-corrected chi connectivity index (χ1v) is 8.77. The molecule has 0 amide bonds. The minimum Gasteiger partial charge on any atom is -0.481 e. The fourth-order valence-electron chi connectivity index (χ4n) is 1.47. The molecule has 0 radical (unpaired) electrons. The van der Waals surface area contributed by atoms with E-state index in [1.54, 1.807) is 6.92 Å². The molecule has 2 atom stereocenters. The molecule has 0 fully saturated rings. The van der Waals surface area contributed by atoms with E-state index in [2.05, 4.69) is 0 Å². The first kappa shape index (κ1) is 28.6. The Bertz CT molecular complexity index is 318. The summed E-state index contributed by atoms with van der Waals surface area (Å²) in [5.41, 5.74) is -0.415. The summed E-state index contributed by atoms with van der Waals surface area (Å²) in [7, 11) is 0. The van der Waals surface area contributed by atoms with Gasteiger partial charge in [0, 0.05) is 20.1 Å². The van der Waals surface area contributed by atoms with Gasteiger partial charge in [-0.2, -0.15) is 0 Å². The van der Waals surface area contributed by atoms with Crippen LogP contribution in [0.4, 0.5) is 0 Å². The maximum Gasteiger partial charge on any atom is 0.309 e. The van der Waals surface area contributed by atoms with Gasteiger partial charge >= 0.3 is 5.97 Å². The predicted octanol–water partition coefficient (Wildman–Crippen LogP) is 4.15. The van der Waals surface area contributed by atoms with E-state index >= 15 is 0 Å². The van der Waals surface area contributed by atoms with Crippen molar-refractivity contribution in [1.82, 2.24) is 0 Å². The zero-order valence-electron chi connectivity index (χ0n) is 17.1. The van der Waals surface area contributed by atoms with Crippen LogP contribution in [0.1, 0.15) is 74.7 Å². The van der Waals surface area contributed by atoms with Crippen LogP contribution >= 0.6 is 0 Å². The monoisotopic (exact) mass is 366 g/mol. The van der Waals surface area contributed by atoms with Crippen LogP contribution in [-0.4, -0.2) is 47.1 Å². The quantitative estimate of drug-likeness (QED) is 0.467. The highest BCUT2D eigenvalue weighted by molar-refractivity contribution is 5.70. The summed E-state index contributed by atoms with van der Waals surface area (Å²) in [5, 5.41) is 16.5. The van der Waals surface area contributed by atoms with Gasteiger partial charge in [-0.15, -0.1) is 0 Å². The lowest BCUT2D eigenvalue weighted by Gasteiger charge is -2.24. The fraction of sp³-hybridized carbons (Fsp3) is 0.889. The number of aliphatic carboxylic acids is 2. The Morgan fingerprint density at radius 3 is 1.72 bits per heavy atom. The predicted molar refractivity (Wildman–Crippen MR) is 97.5 cm³/mol. The normalized spacial score (nSPS) is 12.8. The summed E-state index contributed by atoms with van der Waals surface area (Å²) < 4.78 is 4.83. The van der Waals surface area contributed by atoms with Crippen LogP contribution in [0, 0.1) is 5.92 Å². The lowest BCUT2D eigenvalue weighted by Crippen LogP contribution is -2.31. The summed E-state index contributed by atoms with van der Waals surface area (Å²) >= 11 is 0. The standard InChI is InChI=1S/C12H24O4.C4H10O.C2H4O2/c1-6-7-8-10(11(13)14)9(2)15-16-12(3,4)5;1-3-5-4-2;1-2(3)4/h9-10H,6-8H2,1-5H3,(H,13,14);3-4H2,1-2H3;1H3,(H,3,4). The van der Waals surface area contributed by atoms with E-state index < -0.39 is 29.6 Å². The van der Waals surface area contributed by atoms with Crippen molar-refractivity contribution in [3.8, 4) is 0 Å². The number of carbonyl (C=O) groups is 2. The number of carboxylic acid groups (broad SMARTS) is 2. The molecule has 0 aromatic heterocycles. The molecule has 7 heteroatoms. The van der Waals surface area contributed by atoms with Gasteiger partial charge in [0.15, 0.2) is 0 Å². The molecular formula is C18H38O7. The van der Waals surface area contributed by atoms with Crippen LogP contribution < -0.4 is 0 Å². The van der Waals surface area contributed by atoms with Crippen molar-refractivity contribution in [3.05, 3.63) is 0 Å². The molecule has 25 heavy (non-hydrogen) atoms. The Hall–Kier alpha value is -1.18. The summed E-state index contributed by atoms with van der Waals surface area (Å²) in [6.45, 7) is 16.1. The number of hydrogen-bond acceptors (Lipinski definition) is 5. The maximum absolute atomic E-state index is 11.0. The Balaban J connectivity index is -0.000000442. The molecule has 0 rings (SSSR count). The first-order valence-electron chi connectivity index (χ1n) is 8.77. The maximum atomic E-state index is 11.0. The summed E-state index contributed by atoms with van der Waals surface area (Å²) in [5.74, 6) is -2.15. The van der Waals surface area contributed by atoms with E-state index in [4.69, 9.17) is 29.5 Å². The van der Waals surface area contributed by atoms with E-state index in [0.717, 1.165) is 33.0 Å². The van der Waals surface area contributed by atoms with Crippen molar-refractivity contribution >= 4 is 11.9 Å². The molecule has 7 nitrogen and oxygen atoms in total. The molecule has 0 heterocycles. The molecule has 0 aromatic carbocycles. The molecule has 0 aromatic rings. The lowest BCUT2D eigenvalue weighted by atomic mass is 9.97. The summed E-state index contributed by atoms with van der Waals surface area (Å²) in [4.78, 5) is 30.3. The van der Waals surface area contributed by atoms with Crippen LogP contribution in [0.25, 0.3) is 0 Å². The molecule has 0 spiro atoms. The van der Waals surface area contributed by atoms with E-state index in [0.29, 0.717) is 6.42 Å². The van der Waals surface area contributed by atoms with E-state index in [1.165, 1.54) is 0 Å². The molecular weight excluding hydrogens is 328 g/mol. The highest BCUT2D eigenvalue weighted by Crippen LogP contribution is 2.19. The Labute approximate surface area is 152 Å². The van der Waals surface area contributed by atoms with Crippen molar-refractivity contribution in [3.63, 3.8) is 0 Å². The van der Waals surface area contributed by atoms with Crippen molar-refractivity contribution in [2.75, 3.05) is 13.2 Å². The molecule has 0 saturated heterocycles. The molecule has 0 aliphatic carbocycles. The van der Waals surface area contributed by atoms with Crippen molar-refractivity contribution in [2.24, 2.45) is 5.92 Å². The van der Waals surface area contributed by atoms with Gasteiger partial charge in [-0.1, -0.05) is 19.8 Å². The van der Waals surface area contributed by atoms with Crippen LogP contribution in [0.5, 0.6) is 0 Å². The minimum absolute atomic E-state index is 0.415. The summed E-state index contributed by atoms with van der Waals surface area (Å²) in [6.07, 6.45) is 2.07. The molecule has 2 unspecified atom stereocenters. The number of rotatable bonds is 9. The molecule has 0 bridgehead atoms. The van der Waals surface area contributed by atoms with Crippen molar-refractivity contribution in [2.45, 2.75) is 86.4 Å². The van der Waals surface area contributed by atoms with E-state index in [9.17, 15) is 4.79 Å². The second-order valence-corrected chi connectivity index (χ2v) is 6.38. The molecule has 0 aliphatic rings. The third-order valence-electron chi connectivity index (χ3n) is 2.61. The van der Waals surface area contributed by atoms with Gasteiger partial charge in [0.25, 0.3) is 5.97 Å². The fourth-order valence-corrected chi connectivity index (χ4v) is 1.47. The third-order valence-corrected chi connectivity index (χ3v) is 2.61. The van der Waals surface area contributed by atoms with Crippen LogP contribution in [0.3, 0.4) is 0 Å². The van der Waals surface area contributed by atoms with Gasteiger partial charge in [0.1, 0.15) is 6.10 Å². The van der Waals surface area contributed by atoms with E-state index in [1.807, 2.05) is 41.5 Å². The zero-order valence-corrected chi connectivity index (χ0v) is 17.1. The second-order valence-electron chi connectivity index (χ2n) is 6.38. The van der Waals surface area contributed by atoms with Crippen LogP contribution in [0.2, 0.25) is 0 Å². The number of ether oxygens (including phenoxy) is 1. The average Bonchev–Trinajstić information content (AvgIpc) is 2.45. The summed E-state index contributed by atoms with van der Waals surface area (Å²) in [6, 6.07) is 0. The van der Waals surface area contributed by atoms with Crippen molar-refractivity contribution in [1.29, 1.82) is 0 Å². The molecule has 2 N–H and O–H groups in total.